The van der Waals surface area contributed by atoms with E-state index in [1.807, 2.05) is 45.9 Å². The molecular formula is C18H28O2. The zero-order valence-corrected chi connectivity index (χ0v) is 13.2. The van der Waals surface area contributed by atoms with Crippen LogP contribution in [0.1, 0.15) is 70.1 Å². The highest BCUT2D eigenvalue weighted by molar-refractivity contribution is 5.52. The molecule has 0 atom stereocenters. The monoisotopic (exact) mass is 276 g/mol. The number of hydrogen-bond donors (Lipinski definition) is 2. The summed E-state index contributed by atoms with van der Waals surface area (Å²) >= 11 is 0. The molecule has 1 aromatic rings. The fourth-order valence-electron chi connectivity index (χ4n) is 2.62. The van der Waals surface area contributed by atoms with E-state index in [1.165, 1.54) is 0 Å². The highest BCUT2D eigenvalue weighted by Gasteiger charge is 2.30. The van der Waals surface area contributed by atoms with Gasteiger partial charge in [-0.1, -0.05) is 46.4 Å². The van der Waals surface area contributed by atoms with Crippen LogP contribution < -0.4 is 0 Å². The minimum atomic E-state index is -0.837. The van der Waals surface area contributed by atoms with Crippen molar-refractivity contribution < 1.29 is 10.2 Å². The predicted molar refractivity (Wildman–Crippen MR) is 85.5 cm³/mol. The summed E-state index contributed by atoms with van der Waals surface area (Å²) in [5, 5.41) is 21.5. The Morgan fingerprint density at radius 3 is 1.45 bits per heavy atom. The molecule has 0 saturated heterocycles. The Kier molecular flexibility index (Phi) is 5.55. The molecule has 1 rings (SSSR count). The van der Waals surface area contributed by atoms with Crippen molar-refractivity contribution in [3.63, 3.8) is 0 Å². The molecule has 0 radical (unpaired) electrons. The Morgan fingerprint density at radius 1 is 0.850 bits per heavy atom. The maximum absolute atomic E-state index is 10.7. The lowest BCUT2D eigenvalue weighted by molar-refractivity contribution is 0.0216. The fourth-order valence-corrected chi connectivity index (χ4v) is 2.62. The van der Waals surface area contributed by atoms with E-state index in [0.29, 0.717) is 25.7 Å². The Balaban J connectivity index is 3.46. The highest BCUT2D eigenvalue weighted by Crippen LogP contribution is 2.35. The van der Waals surface area contributed by atoms with E-state index in [4.69, 9.17) is 0 Å². The molecule has 0 aliphatic carbocycles. The lowest BCUT2D eigenvalue weighted by atomic mass is 9.81. The van der Waals surface area contributed by atoms with Crippen molar-refractivity contribution in [2.75, 3.05) is 0 Å². The van der Waals surface area contributed by atoms with Crippen LogP contribution in [0.5, 0.6) is 0 Å². The molecule has 112 valence electrons. The van der Waals surface area contributed by atoms with Gasteiger partial charge in [-0.25, -0.2) is 0 Å². The van der Waals surface area contributed by atoms with E-state index in [1.54, 1.807) is 6.08 Å². The maximum atomic E-state index is 10.7. The largest absolute Gasteiger partial charge is 0.385 e. The van der Waals surface area contributed by atoms with Crippen LogP contribution in [0.15, 0.2) is 24.8 Å². The average molecular weight is 276 g/mol. The molecule has 1 aromatic carbocycles. The van der Waals surface area contributed by atoms with Gasteiger partial charge in [0.15, 0.2) is 0 Å². The number of hydrogen-bond acceptors (Lipinski definition) is 2. The van der Waals surface area contributed by atoms with Gasteiger partial charge in [-0.3, -0.25) is 0 Å². The molecule has 20 heavy (non-hydrogen) atoms. The summed E-state index contributed by atoms with van der Waals surface area (Å²) in [6.45, 7) is 11.7. The molecule has 0 unspecified atom stereocenters. The van der Waals surface area contributed by atoms with Crippen molar-refractivity contribution in [3.8, 4) is 0 Å². The molecule has 2 N–H and O–H groups in total. The van der Waals surface area contributed by atoms with Crippen LogP contribution in [0.3, 0.4) is 0 Å². The first kappa shape index (κ1) is 16.9. The van der Waals surface area contributed by atoms with Gasteiger partial charge in [0.05, 0.1) is 11.2 Å². The molecule has 2 heteroatoms. The van der Waals surface area contributed by atoms with Gasteiger partial charge in [0, 0.05) is 0 Å². The summed E-state index contributed by atoms with van der Waals surface area (Å²) in [7, 11) is 0. The van der Waals surface area contributed by atoms with Crippen molar-refractivity contribution in [3.05, 3.63) is 41.5 Å². The fraction of sp³-hybridized carbons (Fsp3) is 0.556. The minimum absolute atomic E-state index is 0.653. The summed E-state index contributed by atoms with van der Waals surface area (Å²) in [6.07, 6.45) is 4.38. The van der Waals surface area contributed by atoms with E-state index in [-0.39, 0.29) is 0 Å². The molecule has 0 amide bonds. The molecule has 0 aliphatic rings. The third kappa shape index (κ3) is 3.13. The molecule has 0 fully saturated rings. The van der Waals surface area contributed by atoms with Crippen molar-refractivity contribution in [1.29, 1.82) is 0 Å². The first-order chi connectivity index (χ1) is 9.38. The van der Waals surface area contributed by atoms with E-state index in [9.17, 15) is 10.2 Å². The summed E-state index contributed by atoms with van der Waals surface area (Å²) in [4.78, 5) is 0. The molecule has 0 saturated carbocycles. The van der Waals surface area contributed by atoms with Gasteiger partial charge in [-0.15, -0.1) is 0 Å². The van der Waals surface area contributed by atoms with Crippen LogP contribution in [-0.2, 0) is 11.2 Å². The first-order valence-electron chi connectivity index (χ1n) is 7.62. The van der Waals surface area contributed by atoms with Crippen LogP contribution in [-0.4, -0.2) is 10.2 Å². The van der Waals surface area contributed by atoms with Crippen LogP contribution in [0, 0.1) is 0 Å². The van der Waals surface area contributed by atoms with Gasteiger partial charge in [-0.2, -0.15) is 0 Å². The molecule has 0 spiro atoms. The van der Waals surface area contributed by atoms with Gasteiger partial charge < -0.3 is 10.2 Å². The smallest absolute Gasteiger partial charge is 0.0891 e. The summed E-state index contributed by atoms with van der Waals surface area (Å²) in [5.41, 5.74) is 1.01. The summed E-state index contributed by atoms with van der Waals surface area (Å²) in [5.74, 6) is 0. The second-order valence-electron chi connectivity index (χ2n) is 5.53. The Hall–Kier alpha value is -1.12. The zero-order valence-electron chi connectivity index (χ0n) is 13.2. The second kappa shape index (κ2) is 6.55. The van der Waals surface area contributed by atoms with E-state index < -0.39 is 11.2 Å². The Bertz CT molecular complexity index is 418. The third-order valence-corrected chi connectivity index (χ3v) is 4.61. The van der Waals surface area contributed by atoms with Crippen LogP contribution in [0.4, 0.5) is 0 Å². The summed E-state index contributed by atoms with van der Waals surface area (Å²) < 4.78 is 0. The van der Waals surface area contributed by atoms with Gasteiger partial charge >= 0.3 is 0 Å². The van der Waals surface area contributed by atoms with Crippen LogP contribution >= 0.6 is 0 Å². The highest BCUT2D eigenvalue weighted by atomic mass is 16.3. The van der Waals surface area contributed by atoms with E-state index >= 15 is 0 Å². The van der Waals surface area contributed by atoms with Gasteiger partial charge in [0.2, 0.25) is 0 Å². The zero-order chi connectivity index (χ0) is 15.4. The van der Waals surface area contributed by atoms with Crippen molar-refractivity contribution in [2.24, 2.45) is 0 Å². The molecule has 0 bridgehead atoms. The molecular weight excluding hydrogens is 248 g/mol. The number of aliphatic hydroxyl groups is 2. The molecule has 0 heterocycles. The first-order valence-corrected chi connectivity index (χ1v) is 7.62. The predicted octanol–water partition coefficient (Wildman–Crippen LogP) is 4.34. The minimum Gasteiger partial charge on any atom is -0.385 e. The normalized spacial score (nSPS) is 12.5. The second-order valence-corrected chi connectivity index (χ2v) is 5.53. The Morgan fingerprint density at radius 2 is 1.20 bits per heavy atom. The number of rotatable bonds is 7. The maximum Gasteiger partial charge on any atom is 0.0891 e. The van der Waals surface area contributed by atoms with Crippen LogP contribution in [0.25, 0.3) is 6.08 Å². The van der Waals surface area contributed by atoms with Crippen molar-refractivity contribution in [1.82, 2.24) is 0 Å². The van der Waals surface area contributed by atoms with Gasteiger partial charge in [0.1, 0.15) is 0 Å². The number of benzene rings is 1. The van der Waals surface area contributed by atoms with Gasteiger partial charge in [0.25, 0.3) is 0 Å². The molecule has 0 aromatic heterocycles. The third-order valence-electron chi connectivity index (χ3n) is 4.61. The van der Waals surface area contributed by atoms with Crippen molar-refractivity contribution >= 4 is 6.08 Å². The lowest BCUT2D eigenvalue weighted by Gasteiger charge is -2.31. The standard InChI is InChI=1S/C18H28O2/c1-6-14-11-15(17(19,7-2)8-3)13-16(12-14)18(20,9-4)10-5/h6,11-13,19-20H,1,7-10H2,2-5H3. The topological polar surface area (TPSA) is 40.5 Å². The SMILES string of the molecule is C=Cc1cc(C(O)(CC)CC)cc(C(O)(CC)CC)c1. The average Bonchev–Trinajstić information content (AvgIpc) is 2.52. The van der Waals surface area contributed by atoms with Gasteiger partial charge in [-0.05, 0) is 54.5 Å². The van der Waals surface area contributed by atoms with E-state index in [2.05, 4.69) is 6.58 Å². The van der Waals surface area contributed by atoms with Crippen molar-refractivity contribution in [2.45, 2.75) is 64.6 Å². The van der Waals surface area contributed by atoms with E-state index in [0.717, 1.165) is 16.7 Å². The lowest BCUT2D eigenvalue weighted by Crippen LogP contribution is -2.27. The Labute approximate surface area is 123 Å². The molecule has 2 nitrogen and oxygen atoms in total. The van der Waals surface area contributed by atoms with Crippen LogP contribution in [0.2, 0.25) is 0 Å². The quantitative estimate of drug-likeness (QED) is 0.777. The molecule has 0 aliphatic heterocycles. The summed E-state index contributed by atoms with van der Waals surface area (Å²) in [6, 6.07) is 5.89.